The third-order valence-electron chi connectivity index (χ3n) is 2.88. The zero-order chi connectivity index (χ0) is 15.9. The molecule has 0 heterocycles. The fourth-order valence-corrected chi connectivity index (χ4v) is 2.03. The van der Waals surface area contributed by atoms with E-state index in [1.165, 1.54) is 0 Å². The number of benzene rings is 1. The quantitative estimate of drug-likeness (QED) is 0.587. The van der Waals surface area contributed by atoms with Gasteiger partial charge in [0.2, 0.25) is 5.60 Å². The number of esters is 2. The maximum atomic E-state index is 11.6. The molecule has 2 atom stereocenters. The van der Waals surface area contributed by atoms with Crippen molar-refractivity contribution in [2.75, 3.05) is 6.61 Å². The van der Waals surface area contributed by atoms with E-state index in [2.05, 4.69) is 0 Å². The molecule has 0 saturated carbocycles. The predicted octanol–water partition coefficient (Wildman–Crippen LogP) is 0.654. The number of carbonyl (C=O) groups excluding carboxylic acids is 3. The monoisotopic (exact) mass is 294 g/mol. The lowest BCUT2D eigenvalue weighted by atomic mass is 9.90. The predicted molar refractivity (Wildman–Crippen MR) is 73.3 cm³/mol. The Kier molecular flexibility index (Phi) is 6.05. The van der Waals surface area contributed by atoms with Gasteiger partial charge >= 0.3 is 11.9 Å². The van der Waals surface area contributed by atoms with Crippen molar-refractivity contribution in [3.63, 3.8) is 0 Å². The highest BCUT2D eigenvalue weighted by molar-refractivity contribution is 5.75. The molecule has 0 aromatic heterocycles. The van der Waals surface area contributed by atoms with E-state index in [-0.39, 0.29) is 6.42 Å². The lowest BCUT2D eigenvalue weighted by Crippen LogP contribution is -2.53. The van der Waals surface area contributed by atoms with Gasteiger partial charge in [-0.25, -0.2) is 0 Å². The highest BCUT2D eigenvalue weighted by atomic mass is 16.6. The highest BCUT2D eigenvalue weighted by Crippen LogP contribution is 2.23. The lowest BCUT2D eigenvalue weighted by Gasteiger charge is -2.33. The number of ether oxygens (including phenoxy) is 2. The fourth-order valence-electron chi connectivity index (χ4n) is 2.03. The van der Waals surface area contributed by atoms with Gasteiger partial charge < -0.3 is 14.6 Å². The standard InChI is InChI=1S/C15H18O6/c1-11(18)20-14(9-16)15(10-17,21-12(2)19)8-13-6-4-3-5-7-13/h3-7,10,14,16H,8-9H2,1-2H3. The molecule has 6 nitrogen and oxygen atoms in total. The molecular weight excluding hydrogens is 276 g/mol. The van der Waals surface area contributed by atoms with Gasteiger partial charge in [-0.1, -0.05) is 30.3 Å². The first-order valence-corrected chi connectivity index (χ1v) is 6.41. The van der Waals surface area contributed by atoms with E-state index in [0.29, 0.717) is 11.8 Å². The molecule has 0 fully saturated rings. The largest absolute Gasteiger partial charge is 0.455 e. The lowest BCUT2D eigenvalue weighted by molar-refractivity contribution is -0.187. The van der Waals surface area contributed by atoms with Gasteiger partial charge in [0.05, 0.1) is 6.61 Å². The van der Waals surface area contributed by atoms with Crippen LogP contribution in [0.4, 0.5) is 0 Å². The fraction of sp³-hybridized carbons (Fsp3) is 0.400. The average Bonchev–Trinajstić information content (AvgIpc) is 2.44. The summed E-state index contributed by atoms with van der Waals surface area (Å²) in [6, 6.07) is 8.80. The van der Waals surface area contributed by atoms with Crippen LogP contribution in [0.15, 0.2) is 30.3 Å². The molecule has 1 aromatic rings. The Balaban J connectivity index is 3.15. The molecule has 0 aliphatic heterocycles. The second-order valence-electron chi connectivity index (χ2n) is 4.61. The van der Waals surface area contributed by atoms with E-state index in [1.54, 1.807) is 30.3 Å². The molecule has 0 spiro atoms. The van der Waals surface area contributed by atoms with E-state index in [4.69, 9.17) is 9.47 Å². The molecule has 114 valence electrons. The number of aliphatic hydroxyl groups is 1. The Morgan fingerprint density at radius 1 is 1.24 bits per heavy atom. The SMILES string of the molecule is CC(=O)OC(CO)C(C=O)(Cc1ccccc1)OC(C)=O. The molecule has 0 radical (unpaired) electrons. The van der Waals surface area contributed by atoms with Crippen LogP contribution in [0.5, 0.6) is 0 Å². The molecule has 0 aliphatic carbocycles. The Labute approximate surface area is 122 Å². The van der Waals surface area contributed by atoms with Crippen molar-refractivity contribution < 1.29 is 29.0 Å². The van der Waals surface area contributed by atoms with Crippen LogP contribution >= 0.6 is 0 Å². The van der Waals surface area contributed by atoms with Gasteiger partial charge in [0.1, 0.15) is 0 Å². The van der Waals surface area contributed by atoms with Gasteiger partial charge in [-0.05, 0) is 5.56 Å². The first-order valence-electron chi connectivity index (χ1n) is 6.41. The Hall–Kier alpha value is -2.21. The van der Waals surface area contributed by atoms with Crippen LogP contribution in [0.2, 0.25) is 0 Å². The first kappa shape index (κ1) is 16.8. The van der Waals surface area contributed by atoms with Gasteiger partial charge in [-0.15, -0.1) is 0 Å². The third kappa shape index (κ3) is 4.68. The Bertz CT molecular complexity index is 498. The number of aldehydes is 1. The van der Waals surface area contributed by atoms with Gasteiger partial charge in [0.25, 0.3) is 0 Å². The summed E-state index contributed by atoms with van der Waals surface area (Å²) in [6.45, 7) is 1.65. The minimum Gasteiger partial charge on any atom is -0.455 e. The van der Waals surface area contributed by atoms with Gasteiger partial charge in [0, 0.05) is 20.3 Å². The minimum atomic E-state index is -1.76. The molecule has 1 N–H and O–H groups in total. The van der Waals surface area contributed by atoms with E-state index in [1.807, 2.05) is 0 Å². The molecule has 21 heavy (non-hydrogen) atoms. The maximum absolute atomic E-state index is 11.6. The normalized spacial score (nSPS) is 14.6. The molecule has 1 rings (SSSR count). The van der Waals surface area contributed by atoms with Crippen LogP contribution < -0.4 is 0 Å². The topological polar surface area (TPSA) is 89.9 Å². The maximum Gasteiger partial charge on any atom is 0.303 e. The second kappa shape index (κ2) is 7.54. The van der Waals surface area contributed by atoms with Gasteiger partial charge in [-0.3, -0.25) is 14.4 Å². The van der Waals surface area contributed by atoms with E-state index in [9.17, 15) is 19.5 Å². The van der Waals surface area contributed by atoms with Crippen molar-refractivity contribution in [2.45, 2.75) is 32.0 Å². The third-order valence-corrected chi connectivity index (χ3v) is 2.88. The minimum absolute atomic E-state index is 0.00454. The van der Waals surface area contributed by atoms with Crippen LogP contribution in [-0.2, 0) is 30.3 Å². The molecule has 6 heteroatoms. The van der Waals surface area contributed by atoms with Gasteiger partial charge in [0.15, 0.2) is 12.4 Å². The van der Waals surface area contributed by atoms with E-state index < -0.39 is 30.3 Å². The Morgan fingerprint density at radius 3 is 2.29 bits per heavy atom. The van der Waals surface area contributed by atoms with E-state index >= 15 is 0 Å². The van der Waals surface area contributed by atoms with Crippen LogP contribution in [0.3, 0.4) is 0 Å². The van der Waals surface area contributed by atoms with Crippen molar-refractivity contribution in [1.29, 1.82) is 0 Å². The Morgan fingerprint density at radius 2 is 1.86 bits per heavy atom. The molecule has 0 saturated heterocycles. The molecular formula is C15H18O6. The van der Waals surface area contributed by atoms with Crippen molar-refractivity contribution in [3.05, 3.63) is 35.9 Å². The van der Waals surface area contributed by atoms with Crippen molar-refractivity contribution in [2.24, 2.45) is 0 Å². The van der Waals surface area contributed by atoms with Crippen LogP contribution in [0, 0.1) is 0 Å². The zero-order valence-corrected chi connectivity index (χ0v) is 11.9. The summed E-state index contributed by atoms with van der Waals surface area (Å²) < 4.78 is 10.0. The summed E-state index contributed by atoms with van der Waals surface area (Å²) >= 11 is 0. The summed E-state index contributed by atoms with van der Waals surface area (Å²) in [5.74, 6) is -1.39. The van der Waals surface area contributed by atoms with Crippen LogP contribution in [0.25, 0.3) is 0 Å². The molecule has 0 aliphatic rings. The van der Waals surface area contributed by atoms with Gasteiger partial charge in [-0.2, -0.15) is 0 Å². The average molecular weight is 294 g/mol. The number of carbonyl (C=O) groups is 3. The van der Waals surface area contributed by atoms with Crippen molar-refractivity contribution in [3.8, 4) is 0 Å². The van der Waals surface area contributed by atoms with Crippen LogP contribution in [0.1, 0.15) is 19.4 Å². The van der Waals surface area contributed by atoms with E-state index in [0.717, 1.165) is 13.8 Å². The molecule has 0 bridgehead atoms. The summed E-state index contributed by atoms with van der Waals surface area (Å²) in [7, 11) is 0. The number of aliphatic hydroxyl groups excluding tert-OH is 1. The van der Waals surface area contributed by atoms with Crippen molar-refractivity contribution in [1.82, 2.24) is 0 Å². The number of rotatable bonds is 7. The summed E-state index contributed by atoms with van der Waals surface area (Å²) in [4.78, 5) is 34.0. The number of hydrogen-bond acceptors (Lipinski definition) is 6. The second-order valence-corrected chi connectivity index (χ2v) is 4.61. The molecule has 1 aromatic carbocycles. The summed E-state index contributed by atoms with van der Waals surface area (Å²) in [5, 5.41) is 9.41. The number of hydrogen-bond donors (Lipinski definition) is 1. The summed E-state index contributed by atoms with van der Waals surface area (Å²) in [5.41, 5.74) is -1.05. The molecule has 0 amide bonds. The first-order chi connectivity index (χ1) is 9.93. The van der Waals surface area contributed by atoms with Crippen molar-refractivity contribution >= 4 is 18.2 Å². The zero-order valence-electron chi connectivity index (χ0n) is 11.9. The summed E-state index contributed by atoms with van der Waals surface area (Å²) in [6.07, 6.45) is -0.877. The van der Waals surface area contributed by atoms with Crippen LogP contribution in [-0.4, -0.2) is 41.6 Å². The smallest absolute Gasteiger partial charge is 0.303 e. The highest BCUT2D eigenvalue weighted by Gasteiger charge is 2.44. The molecule has 2 unspecified atom stereocenters.